The van der Waals surface area contributed by atoms with Crippen LogP contribution in [0.1, 0.15) is 25.6 Å². The van der Waals surface area contributed by atoms with Crippen LogP contribution < -0.4 is 0 Å². The predicted octanol–water partition coefficient (Wildman–Crippen LogP) is 2.91. The Bertz CT molecular complexity index is 254. The third-order valence-electron chi connectivity index (χ3n) is 1.75. The molecule has 0 bridgehead atoms. The SMILES string of the molecule is CC(C)(C)C(=O)Cc1cccs1. The molecule has 0 aromatic carbocycles. The second kappa shape index (κ2) is 3.40. The number of ketones is 1. The van der Waals surface area contributed by atoms with Crippen LogP contribution in [0.5, 0.6) is 0 Å². The number of rotatable bonds is 2. The van der Waals surface area contributed by atoms with E-state index in [2.05, 4.69) is 0 Å². The van der Waals surface area contributed by atoms with Crippen LogP contribution in [-0.2, 0) is 11.2 Å². The summed E-state index contributed by atoms with van der Waals surface area (Å²) in [5, 5.41) is 2.01. The van der Waals surface area contributed by atoms with Crippen molar-refractivity contribution in [1.82, 2.24) is 0 Å². The molecule has 1 heterocycles. The molecule has 0 aliphatic carbocycles. The second-order valence-electron chi connectivity index (χ2n) is 3.93. The number of carbonyl (C=O) groups is 1. The van der Waals surface area contributed by atoms with Gasteiger partial charge in [0.2, 0.25) is 0 Å². The van der Waals surface area contributed by atoms with Crippen molar-refractivity contribution in [2.45, 2.75) is 27.2 Å². The van der Waals surface area contributed by atoms with Crippen LogP contribution in [-0.4, -0.2) is 5.78 Å². The number of thiophene rings is 1. The lowest BCUT2D eigenvalue weighted by Gasteiger charge is -2.15. The number of hydrogen-bond acceptors (Lipinski definition) is 2. The molecule has 1 nitrogen and oxygen atoms in total. The maximum absolute atomic E-state index is 11.5. The molecule has 0 atom stereocenters. The smallest absolute Gasteiger partial charge is 0.143 e. The second-order valence-corrected chi connectivity index (χ2v) is 4.96. The van der Waals surface area contributed by atoms with Gasteiger partial charge >= 0.3 is 0 Å². The largest absolute Gasteiger partial charge is 0.299 e. The Kier molecular flexibility index (Phi) is 2.68. The first-order valence-electron chi connectivity index (χ1n) is 4.06. The molecular formula is C10H14OS. The highest BCUT2D eigenvalue weighted by Crippen LogP contribution is 2.19. The minimum atomic E-state index is -0.204. The standard InChI is InChI=1S/C10H14OS/c1-10(2,3)9(11)7-8-5-4-6-12-8/h4-6H,7H2,1-3H3. The molecule has 66 valence electrons. The molecule has 0 unspecified atom stereocenters. The molecule has 2 heteroatoms. The van der Waals surface area contributed by atoms with Crippen LogP contribution in [0.25, 0.3) is 0 Å². The summed E-state index contributed by atoms with van der Waals surface area (Å²) in [5.74, 6) is 0.310. The van der Waals surface area contributed by atoms with E-state index < -0.39 is 0 Å². The van der Waals surface area contributed by atoms with E-state index in [0.29, 0.717) is 12.2 Å². The fourth-order valence-corrected chi connectivity index (χ4v) is 1.54. The maximum atomic E-state index is 11.5. The van der Waals surface area contributed by atoms with E-state index in [1.54, 1.807) is 11.3 Å². The molecule has 12 heavy (non-hydrogen) atoms. The molecule has 0 saturated heterocycles. The van der Waals surface area contributed by atoms with Gasteiger partial charge in [0.05, 0.1) is 0 Å². The Labute approximate surface area is 77.4 Å². The maximum Gasteiger partial charge on any atom is 0.143 e. The van der Waals surface area contributed by atoms with Crippen molar-refractivity contribution < 1.29 is 4.79 Å². The van der Waals surface area contributed by atoms with Crippen LogP contribution in [0.3, 0.4) is 0 Å². The van der Waals surface area contributed by atoms with Crippen LogP contribution >= 0.6 is 11.3 Å². The lowest BCUT2D eigenvalue weighted by molar-refractivity contribution is -0.125. The van der Waals surface area contributed by atoms with Crippen molar-refractivity contribution in [3.8, 4) is 0 Å². The van der Waals surface area contributed by atoms with E-state index in [1.165, 1.54) is 0 Å². The first-order chi connectivity index (χ1) is 5.50. The Morgan fingerprint density at radius 3 is 2.58 bits per heavy atom. The Balaban J connectivity index is 2.60. The predicted molar refractivity (Wildman–Crippen MR) is 52.5 cm³/mol. The summed E-state index contributed by atoms with van der Waals surface area (Å²) in [6.07, 6.45) is 0.584. The molecule has 1 aromatic heterocycles. The Hall–Kier alpha value is -0.630. The van der Waals surface area contributed by atoms with Gasteiger partial charge in [0.25, 0.3) is 0 Å². The van der Waals surface area contributed by atoms with Gasteiger partial charge in [-0.05, 0) is 11.4 Å². The van der Waals surface area contributed by atoms with Gasteiger partial charge in [-0.15, -0.1) is 11.3 Å². The fourth-order valence-electron chi connectivity index (χ4n) is 0.837. The van der Waals surface area contributed by atoms with Crippen molar-refractivity contribution in [2.75, 3.05) is 0 Å². The molecule has 0 amide bonds. The molecule has 0 spiro atoms. The molecule has 0 fully saturated rings. The van der Waals surface area contributed by atoms with Crippen molar-refractivity contribution in [1.29, 1.82) is 0 Å². The topological polar surface area (TPSA) is 17.1 Å². The average molecular weight is 182 g/mol. The molecule has 0 radical (unpaired) electrons. The quantitative estimate of drug-likeness (QED) is 0.687. The fraction of sp³-hybridized carbons (Fsp3) is 0.500. The number of hydrogen-bond donors (Lipinski definition) is 0. The summed E-state index contributed by atoms with van der Waals surface area (Å²) < 4.78 is 0. The zero-order valence-corrected chi connectivity index (χ0v) is 8.57. The average Bonchev–Trinajstić information content (AvgIpc) is 2.37. The number of carbonyl (C=O) groups excluding carboxylic acids is 1. The molecule has 0 aliphatic rings. The van der Waals surface area contributed by atoms with Crippen molar-refractivity contribution >= 4 is 17.1 Å². The number of Topliss-reactive ketones (excluding diaryl/α,β-unsaturated/α-hetero) is 1. The van der Waals surface area contributed by atoms with E-state index in [0.717, 1.165) is 4.88 Å². The molecule has 0 saturated carbocycles. The van der Waals surface area contributed by atoms with E-state index in [-0.39, 0.29) is 5.41 Å². The van der Waals surface area contributed by atoms with Gasteiger partial charge in [0, 0.05) is 16.7 Å². The van der Waals surface area contributed by atoms with Crippen molar-refractivity contribution in [3.05, 3.63) is 22.4 Å². The summed E-state index contributed by atoms with van der Waals surface area (Å²) in [7, 11) is 0. The van der Waals surface area contributed by atoms with Crippen LogP contribution in [0, 0.1) is 5.41 Å². The third kappa shape index (κ3) is 2.45. The first-order valence-corrected chi connectivity index (χ1v) is 4.94. The van der Waals surface area contributed by atoms with E-state index >= 15 is 0 Å². The lowest BCUT2D eigenvalue weighted by atomic mass is 9.89. The van der Waals surface area contributed by atoms with Crippen LogP contribution in [0.4, 0.5) is 0 Å². The molecule has 1 rings (SSSR count). The van der Waals surface area contributed by atoms with E-state index in [9.17, 15) is 4.79 Å². The molecular weight excluding hydrogens is 168 g/mol. The van der Waals surface area contributed by atoms with Crippen molar-refractivity contribution in [2.24, 2.45) is 5.41 Å². The summed E-state index contributed by atoms with van der Waals surface area (Å²) in [6, 6.07) is 3.99. The van der Waals surface area contributed by atoms with Gasteiger partial charge in [-0.2, -0.15) is 0 Å². The van der Waals surface area contributed by atoms with Gasteiger partial charge in [0.15, 0.2) is 0 Å². The first kappa shape index (κ1) is 9.46. The summed E-state index contributed by atoms with van der Waals surface area (Å²) in [4.78, 5) is 12.7. The molecule has 0 aliphatic heterocycles. The molecule has 0 N–H and O–H groups in total. The normalized spacial score (nSPS) is 11.6. The molecule has 1 aromatic rings. The van der Waals surface area contributed by atoms with Gasteiger partial charge in [-0.3, -0.25) is 4.79 Å². The van der Waals surface area contributed by atoms with Gasteiger partial charge in [-0.25, -0.2) is 0 Å². The van der Waals surface area contributed by atoms with Crippen LogP contribution in [0.2, 0.25) is 0 Å². The minimum Gasteiger partial charge on any atom is -0.299 e. The van der Waals surface area contributed by atoms with Gasteiger partial charge in [-0.1, -0.05) is 26.8 Å². The monoisotopic (exact) mass is 182 g/mol. The third-order valence-corrected chi connectivity index (χ3v) is 2.63. The summed E-state index contributed by atoms with van der Waals surface area (Å²) in [6.45, 7) is 5.88. The van der Waals surface area contributed by atoms with Gasteiger partial charge < -0.3 is 0 Å². The van der Waals surface area contributed by atoms with E-state index in [1.807, 2.05) is 38.3 Å². The zero-order valence-electron chi connectivity index (χ0n) is 7.76. The van der Waals surface area contributed by atoms with Gasteiger partial charge in [0.1, 0.15) is 5.78 Å². The van der Waals surface area contributed by atoms with Crippen LogP contribution in [0.15, 0.2) is 17.5 Å². The van der Waals surface area contributed by atoms with E-state index in [4.69, 9.17) is 0 Å². The Morgan fingerprint density at radius 2 is 2.17 bits per heavy atom. The highest BCUT2D eigenvalue weighted by atomic mass is 32.1. The minimum absolute atomic E-state index is 0.204. The lowest BCUT2D eigenvalue weighted by Crippen LogP contribution is -2.21. The summed E-state index contributed by atoms with van der Waals surface area (Å²) >= 11 is 1.65. The Morgan fingerprint density at radius 1 is 1.50 bits per heavy atom. The highest BCUT2D eigenvalue weighted by molar-refractivity contribution is 7.10. The summed E-state index contributed by atoms with van der Waals surface area (Å²) in [5.41, 5.74) is -0.204. The van der Waals surface area contributed by atoms with Crippen molar-refractivity contribution in [3.63, 3.8) is 0 Å². The zero-order chi connectivity index (χ0) is 9.19. The highest BCUT2D eigenvalue weighted by Gasteiger charge is 2.21.